The number of hydrogen-bond acceptors (Lipinski definition) is 5. The molecular formula is C21H30N2O5. The summed E-state index contributed by atoms with van der Waals surface area (Å²) in [5, 5.41) is 2.85. The lowest BCUT2D eigenvalue weighted by Crippen LogP contribution is -2.57. The molecule has 0 unspecified atom stereocenters. The first-order valence-electron chi connectivity index (χ1n) is 9.89. The van der Waals surface area contributed by atoms with Gasteiger partial charge in [-0.25, -0.2) is 0 Å². The summed E-state index contributed by atoms with van der Waals surface area (Å²) >= 11 is 0. The summed E-state index contributed by atoms with van der Waals surface area (Å²) in [5.74, 6) is 0.803. The predicted molar refractivity (Wildman–Crippen MR) is 104 cm³/mol. The molecule has 1 aromatic rings. The van der Waals surface area contributed by atoms with E-state index in [0.29, 0.717) is 30.4 Å². The molecule has 7 nitrogen and oxygen atoms in total. The molecule has 2 aliphatic rings. The second kappa shape index (κ2) is 8.92. The molecule has 1 aliphatic carbocycles. The van der Waals surface area contributed by atoms with E-state index in [1.54, 1.807) is 43.4 Å². The Morgan fingerprint density at radius 3 is 2.71 bits per heavy atom. The lowest BCUT2D eigenvalue weighted by molar-refractivity contribution is -0.128. The number of rotatable bonds is 6. The molecule has 1 saturated heterocycles. The van der Waals surface area contributed by atoms with Crippen molar-refractivity contribution >= 4 is 11.8 Å². The normalized spacial score (nSPS) is 27.0. The first-order valence-corrected chi connectivity index (χ1v) is 9.89. The summed E-state index contributed by atoms with van der Waals surface area (Å²) in [6, 6.07) is 6.39. The zero-order valence-electron chi connectivity index (χ0n) is 16.9. The summed E-state index contributed by atoms with van der Waals surface area (Å²) in [6.45, 7) is 3.25. The van der Waals surface area contributed by atoms with Gasteiger partial charge >= 0.3 is 0 Å². The fourth-order valence-electron chi connectivity index (χ4n) is 4.07. The molecule has 1 atom stereocenters. The minimum atomic E-state index is -0.712. The molecule has 0 bridgehead atoms. The Balaban J connectivity index is 1.88. The van der Waals surface area contributed by atoms with Crippen molar-refractivity contribution in [3.05, 3.63) is 29.8 Å². The zero-order valence-corrected chi connectivity index (χ0v) is 16.9. The number of carbonyl (C=O) groups excluding carboxylic acids is 2. The van der Waals surface area contributed by atoms with Gasteiger partial charge in [0.25, 0.3) is 5.91 Å². The molecule has 0 aromatic heterocycles. The van der Waals surface area contributed by atoms with Gasteiger partial charge in [-0.15, -0.1) is 0 Å². The highest BCUT2D eigenvalue weighted by atomic mass is 16.5. The van der Waals surface area contributed by atoms with Crippen LogP contribution in [0.4, 0.5) is 0 Å². The van der Waals surface area contributed by atoms with E-state index >= 15 is 0 Å². The van der Waals surface area contributed by atoms with Gasteiger partial charge in [0.2, 0.25) is 5.91 Å². The molecular weight excluding hydrogens is 360 g/mol. The number of benzene rings is 1. The predicted octanol–water partition coefficient (Wildman–Crippen LogP) is 2.21. The highest BCUT2D eigenvalue weighted by Crippen LogP contribution is 2.43. The molecule has 7 heteroatoms. The van der Waals surface area contributed by atoms with Crippen molar-refractivity contribution in [1.29, 1.82) is 0 Å². The maximum Gasteiger partial charge on any atom is 0.257 e. The average molecular weight is 390 g/mol. The summed E-state index contributed by atoms with van der Waals surface area (Å²) in [7, 11) is 3.15. The van der Waals surface area contributed by atoms with Crippen LogP contribution in [-0.2, 0) is 14.3 Å². The van der Waals surface area contributed by atoms with Crippen molar-refractivity contribution in [3.63, 3.8) is 0 Å². The van der Waals surface area contributed by atoms with Gasteiger partial charge in [0, 0.05) is 19.2 Å². The SMILES string of the molecule is COCCNC(=O)[C@H]1COC2(CCC(C)CC2)N1C(=O)c1cccc(OC)c1. The maximum atomic E-state index is 13.5. The van der Waals surface area contributed by atoms with E-state index in [1.165, 1.54) is 0 Å². The third-order valence-corrected chi connectivity index (χ3v) is 5.76. The van der Waals surface area contributed by atoms with Crippen LogP contribution in [0, 0.1) is 5.92 Å². The standard InChI is InChI=1S/C21H30N2O5/c1-15-7-9-21(10-8-15)23(18(14-28-21)19(24)22-11-12-26-2)20(25)16-5-4-6-17(13-16)27-3/h4-6,13,15,18H,7-12,14H2,1-3H3,(H,22,24)/t15?,18-,21?/m1/s1. The van der Waals surface area contributed by atoms with Crippen molar-refractivity contribution in [2.75, 3.05) is 34.0 Å². The van der Waals surface area contributed by atoms with Crippen molar-refractivity contribution in [2.24, 2.45) is 5.92 Å². The lowest BCUT2D eigenvalue weighted by Gasteiger charge is -2.43. The number of ether oxygens (including phenoxy) is 3. The largest absolute Gasteiger partial charge is 0.497 e. The van der Waals surface area contributed by atoms with Gasteiger partial charge in [-0.3, -0.25) is 14.5 Å². The molecule has 0 radical (unpaired) electrons. The van der Waals surface area contributed by atoms with E-state index in [2.05, 4.69) is 12.2 Å². The van der Waals surface area contributed by atoms with Gasteiger partial charge in [-0.1, -0.05) is 13.0 Å². The number of nitrogens with one attached hydrogen (secondary N) is 1. The minimum absolute atomic E-state index is 0.196. The molecule has 1 spiro atoms. The quantitative estimate of drug-likeness (QED) is 0.754. The summed E-state index contributed by atoms with van der Waals surface area (Å²) in [4.78, 5) is 28.0. The van der Waals surface area contributed by atoms with Gasteiger partial charge in [0.15, 0.2) is 0 Å². The minimum Gasteiger partial charge on any atom is -0.497 e. The third-order valence-electron chi connectivity index (χ3n) is 5.76. The van der Waals surface area contributed by atoms with E-state index in [0.717, 1.165) is 25.7 Å². The van der Waals surface area contributed by atoms with Crippen LogP contribution in [0.5, 0.6) is 5.75 Å². The van der Waals surface area contributed by atoms with Crippen molar-refractivity contribution in [2.45, 2.75) is 44.4 Å². The summed E-state index contributed by atoms with van der Waals surface area (Å²) in [5.41, 5.74) is -0.215. The Morgan fingerprint density at radius 1 is 1.29 bits per heavy atom. The summed E-state index contributed by atoms with van der Waals surface area (Å²) in [6.07, 6.45) is 3.43. The van der Waals surface area contributed by atoms with Gasteiger partial charge in [-0.2, -0.15) is 0 Å². The van der Waals surface area contributed by atoms with Crippen LogP contribution in [0.2, 0.25) is 0 Å². The molecule has 1 heterocycles. The number of amides is 2. The van der Waals surface area contributed by atoms with E-state index in [9.17, 15) is 9.59 Å². The highest BCUT2D eigenvalue weighted by molar-refractivity contribution is 5.98. The highest BCUT2D eigenvalue weighted by Gasteiger charge is 2.53. The first-order chi connectivity index (χ1) is 13.5. The molecule has 1 aromatic carbocycles. The Kier molecular flexibility index (Phi) is 6.57. The van der Waals surface area contributed by atoms with Crippen molar-refractivity contribution in [3.8, 4) is 5.75 Å². The zero-order chi connectivity index (χ0) is 20.1. The average Bonchev–Trinajstić information content (AvgIpc) is 3.09. The van der Waals surface area contributed by atoms with E-state index < -0.39 is 11.8 Å². The lowest BCUT2D eigenvalue weighted by atomic mass is 9.83. The van der Waals surface area contributed by atoms with Crippen LogP contribution in [0.1, 0.15) is 43.0 Å². The second-order valence-corrected chi connectivity index (χ2v) is 7.65. The van der Waals surface area contributed by atoms with Crippen LogP contribution < -0.4 is 10.1 Å². The third kappa shape index (κ3) is 4.15. The van der Waals surface area contributed by atoms with E-state index in [4.69, 9.17) is 14.2 Å². The van der Waals surface area contributed by atoms with Crippen molar-refractivity contribution in [1.82, 2.24) is 10.2 Å². The summed E-state index contributed by atoms with van der Waals surface area (Å²) < 4.78 is 16.4. The van der Waals surface area contributed by atoms with Gasteiger partial charge < -0.3 is 19.5 Å². The first kappa shape index (κ1) is 20.6. The molecule has 1 saturated carbocycles. The second-order valence-electron chi connectivity index (χ2n) is 7.65. The Hall–Kier alpha value is -2.12. The van der Waals surface area contributed by atoms with Crippen molar-refractivity contribution < 1.29 is 23.8 Å². The topological polar surface area (TPSA) is 77.1 Å². The van der Waals surface area contributed by atoms with Gasteiger partial charge in [0.1, 0.15) is 17.5 Å². The van der Waals surface area contributed by atoms with E-state index in [-0.39, 0.29) is 18.4 Å². The molecule has 1 aliphatic heterocycles. The van der Waals surface area contributed by atoms with Gasteiger partial charge in [-0.05, 0) is 49.8 Å². The Morgan fingerprint density at radius 2 is 2.04 bits per heavy atom. The molecule has 3 rings (SSSR count). The molecule has 2 fully saturated rings. The van der Waals surface area contributed by atoms with Crippen LogP contribution in [0.15, 0.2) is 24.3 Å². The smallest absolute Gasteiger partial charge is 0.257 e. The van der Waals surface area contributed by atoms with Gasteiger partial charge in [0.05, 0.1) is 20.3 Å². The number of hydrogen-bond donors (Lipinski definition) is 1. The maximum absolute atomic E-state index is 13.5. The van der Waals surface area contributed by atoms with Crippen LogP contribution in [0.25, 0.3) is 0 Å². The monoisotopic (exact) mass is 390 g/mol. The Labute approximate surface area is 166 Å². The molecule has 28 heavy (non-hydrogen) atoms. The van der Waals surface area contributed by atoms with E-state index in [1.807, 2.05) is 0 Å². The number of carbonyl (C=O) groups is 2. The molecule has 2 amide bonds. The fraction of sp³-hybridized carbons (Fsp3) is 0.619. The molecule has 154 valence electrons. The number of nitrogens with zero attached hydrogens (tertiary/aromatic N) is 1. The van der Waals surface area contributed by atoms with Crippen LogP contribution in [-0.4, -0.2) is 62.5 Å². The number of methoxy groups -OCH3 is 2. The molecule has 1 N–H and O–H groups in total. The van der Waals surface area contributed by atoms with Crippen LogP contribution in [0.3, 0.4) is 0 Å². The fourth-order valence-corrected chi connectivity index (χ4v) is 4.07. The van der Waals surface area contributed by atoms with Crippen LogP contribution >= 0.6 is 0 Å². The Bertz CT molecular complexity index is 700.